The average molecular weight is 242 g/mol. The first-order valence-electron chi connectivity index (χ1n) is 6.24. The Morgan fingerprint density at radius 3 is 2.78 bits per heavy atom. The summed E-state index contributed by atoms with van der Waals surface area (Å²) in [5.41, 5.74) is 4.88. The molecule has 1 nitrogen and oxygen atoms in total. The van der Waals surface area contributed by atoms with Crippen LogP contribution in [0.15, 0.2) is 36.4 Å². The first kappa shape index (κ1) is 11.3. The molecule has 0 N–H and O–H groups in total. The minimum atomic E-state index is -0.300. The number of benzene rings is 2. The quantitative estimate of drug-likeness (QED) is 0.773. The second kappa shape index (κ2) is 4.45. The highest BCUT2D eigenvalue weighted by molar-refractivity contribution is 5.70. The zero-order chi connectivity index (χ0) is 12.5. The summed E-state index contributed by atoms with van der Waals surface area (Å²) in [4.78, 5) is 0. The number of halogens is 1. The number of fused-ring (bicyclic) bond motifs is 1. The van der Waals surface area contributed by atoms with Crippen molar-refractivity contribution in [1.82, 2.24) is 0 Å². The van der Waals surface area contributed by atoms with Gasteiger partial charge in [-0.1, -0.05) is 24.3 Å². The molecule has 0 amide bonds. The van der Waals surface area contributed by atoms with Gasteiger partial charge in [-0.3, -0.25) is 0 Å². The van der Waals surface area contributed by atoms with Crippen LogP contribution in [0.25, 0.3) is 11.1 Å². The number of hydrogen-bond acceptors (Lipinski definition) is 1. The van der Waals surface area contributed by atoms with Gasteiger partial charge >= 0.3 is 0 Å². The van der Waals surface area contributed by atoms with Crippen molar-refractivity contribution >= 4 is 0 Å². The van der Waals surface area contributed by atoms with E-state index in [0.29, 0.717) is 5.75 Å². The molecular formula is C16H15FO. The minimum absolute atomic E-state index is 0.298. The number of aryl methyl sites for hydroxylation is 1. The summed E-state index contributed by atoms with van der Waals surface area (Å²) in [5, 5.41) is 0. The van der Waals surface area contributed by atoms with Crippen molar-refractivity contribution in [3.05, 3.63) is 53.3 Å². The molecule has 92 valence electrons. The largest absolute Gasteiger partial charge is 0.494 e. The third-order valence-corrected chi connectivity index (χ3v) is 3.61. The Balaban J connectivity index is 2.10. The van der Waals surface area contributed by atoms with Gasteiger partial charge in [-0.25, -0.2) is 4.39 Å². The van der Waals surface area contributed by atoms with Crippen LogP contribution < -0.4 is 4.74 Å². The maximum absolute atomic E-state index is 13.8. The van der Waals surface area contributed by atoms with Gasteiger partial charge < -0.3 is 4.74 Å². The fourth-order valence-corrected chi connectivity index (χ4v) is 2.72. The van der Waals surface area contributed by atoms with Crippen molar-refractivity contribution < 1.29 is 9.13 Å². The monoisotopic (exact) mass is 242 g/mol. The molecule has 0 atom stereocenters. The molecule has 0 bridgehead atoms. The maximum atomic E-state index is 13.8. The van der Waals surface area contributed by atoms with Gasteiger partial charge in [-0.05, 0) is 53.6 Å². The van der Waals surface area contributed by atoms with Crippen molar-refractivity contribution in [3.63, 3.8) is 0 Å². The van der Waals surface area contributed by atoms with Crippen molar-refractivity contribution in [2.24, 2.45) is 0 Å². The Morgan fingerprint density at radius 1 is 1.11 bits per heavy atom. The third-order valence-electron chi connectivity index (χ3n) is 3.61. The molecule has 0 spiro atoms. The molecule has 0 saturated heterocycles. The van der Waals surface area contributed by atoms with Crippen LogP contribution in [-0.2, 0) is 12.8 Å². The summed E-state index contributed by atoms with van der Waals surface area (Å²) in [6, 6.07) is 11.5. The summed E-state index contributed by atoms with van der Waals surface area (Å²) in [6.07, 6.45) is 3.44. The Bertz CT molecular complexity index is 590. The van der Waals surface area contributed by atoms with Gasteiger partial charge in [0.2, 0.25) is 0 Å². The summed E-state index contributed by atoms with van der Waals surface area (Å²) in [7, 11) is 1.48. The van der Waals surface area contributed by atoms with Crippen LogP contribution in [0, 0.1) is 5.82 Å². The Morgan fingerprint density at radius 2 is 2.00 bits per heavy atom. The van der Waals surface area contributed by atoms with Crippen LogP contribution >= 0.6 is 0 Å². The molecule has 1 aliphatic rings. The predicted molar refractivity (Wildman–Crippen MR) is 70.4 cm³/mol. The van der Waals surface area contributed by atoms with Gasteiger partial charge in [0, 0.05) is 0 Å². The van der Waals surface area contributed by atoms with E-state index in [4.69, 9.17) is 4.74 Å². The van der Waals surface area contributed by atoms with Gasteiger partial charge in [-0.2, -0.15) is 0 Å². The number of rotatable bonds is 2. The van der Waals surface area contributed by atoms with E-state index in [0.717, 1.165) is 24.0 Å². The fourth-order valence-electron chi connectivity index (χ4n) is 2.72. The maximum Gasteiger partial charge on any atom is 0.165 e. The lowest BCUT2D eigenvalue weighted by Crippen LogP contribution is -1.91. The first-order chi connectivity index (χ1) is 8.79. The zero-order valence-electron chi connectivity index (χ0n) is 10.4. The molecule has 2 heteroatoms. The topological polar surface area (TPSA) is 9.23 Å². The second-order valence-electron chi connectivity index (χ2n) is 4.65. The number of ether oxygens (including phenoxy) is 1. The van der Waals surface area contributed by atoms with Gasteiger partial charge in [0.25, 0.3) is 0 Å². The highest BCUT2D eigenvalue weighted by atomic mass is 19.1. The van der Waals surface area contributed by atoms with Gasteiger partial charge in [0.15, 0.2) is 11.6 Å². The predicted octanol–water partition coefficient (Wildman–Crippen LogP) is 3.99. The van der Waals surface area contributed by atoms with Crippen LogP contribution in [0.1, 0.15) is 17.5 Å². The standard InChI is InChI=1S/C16H15FO/c1-18-16-9-8-12(10-15(16)17)14-7-3-5-11-4-2-6-13(11)14/h3,5,7-10H,2,4,6H2,1H3. The van der Waals surface area contributed by atoms with E-state index >= 15 is 0 Å². The van der Waals surface area contributed by atoms with E-state index in [-0.39, 0.29) is 5.82 Å². The van der Waals surface area contributed by atoms with Crippen LogP contribution in [0.4, 0.5) is 4.39 Å². The molecule has 0 heterocycles. The highest BCUT2D eigenvalue weighted by Crippen LogP contribution is 2.33. The smallest absolute Gasteiger partial charge is 0.165 e. The summed E-state index contributed by atoms with van der Waals surface area (Å²) in [5.74, 6) is -0.00285. The summed E-state index contributed by atoms with van der Waals surface area (Å²) >= 11 is 0. The third kappa shape index (κ3) is 1.78. The lowest BCUT2D eigenvalue weighted by atomic mass is 9.97. The number of methoxy groups -OCH3 is 1. The lowest BCUT2D eigenvalue weighted by molar-refractivity contribution is 0.386. The molecule has 0 radical (unpaired) electrons. The average Bonchev–Trinajstić information content (AvgIpc) is 2.86. The minimum Gasteiger partial charge on any atom is -0.494 e. The van der Waals surface area contributed by atoms with Gasteiger partial charge in [0.05, 0.1) is 7.11 Å². The van der Waals surface area contributed by atoms with Crippen molar-refractivity contribution in [1.29, 1.82) is 0 Å². The first-order valence-corrected chi connectivity index (χ1v) is 6.24. The van der Waals surface area contributed by atoms with E-state index in [1.54, 1.807) is 12.1 Å². The lowest BCUT2D eigenvalue weighted by Gasteiger charge is -2.10. The van der Waals surface area contributed by atoms with Crippen LogP contribution in [0.3, 0.4) is 0 Å². The fraction of sp³-hybridized carbons (Fsp3) is 0.250. The molecule has 0 saturated carbocycles. The van der Waals surface area contributed by atoms with Crippen molar-refractivity contribution in [2.45, 2.75) is 19.3 Å². The van der Waals surface area contributed by atoms with Crippen LogP contribution in [0.5, 0.6) is 5.75 Å². The molecule has 18 heavy (non-hydrogen) atoms. The molecule has 0 unspecified atom stereocenters. The molecule has 0 aliphatic heterocycles. The van der Waals surface area contributed by atoms with E-state index in [2.05, 4.69) is 18.2 Å². The second-order valence-corrected chi connectivity index (χ2v) is 4.65. The van der Waals surface area contributed by atoms with Crippen LogP contribution in [0.2, 0.25) is 0 Å². The Labute approximate surface area is 106 Å². The van der Waals surface area contributed by atoms with Crippen molar-refractivity contribution in [2.75, 3.05) is 7.11 Å². The van der Waals surface area contributed by atoms with Gasteiger partial charge in [0.1, 0.15) is 0 Å². The van der Waals surface area contributed by atoms with E-state index in [9.17, 15) is 4.39 Å². The SMILES string of the molecule is COc1ccc(-c2cccc3c2CCC3)cc1F. The Hall–Kier alpha value is -1.83. The van der Waals surface area contributed by atoms with Crippen LogP contribution in [-0.4, -0.2) is 7.11 Å². The van der Waals surface area contributed by atoms with E-state index < -0.39 is 0 Å². The van der Waals surface area contributed by atoms with E-state index in [1.807, 2.05) is 6.07 Å². The molecule has 2 aromatic rings. The molecule has 0 aromatic heterocycles. The molecule has 1 aliphatic carbocycles. The zero-order valence-corrected chi connectivity index (χ0v) is 10.4. The highest BCUT2D eigenvalue weighted by Gasteiger charge is 2.16. The molecule has 0 fully saturated rings. The molecule has 2 aromatic carbocycles. The molecule has 3 rings (SSSR count). The normalized spacial score (nSPS) is 13.4. The Kier molecular flexibility index (Phi) is 2.78. The van der Waals surface area contributed by atoms with Crippen molar-refractivity contribution in [3.8, 4) is 16.9 Å². The van der Waals surface area contributed by atoms with E-state index in [1.165, 1.54) is 24.7 Å². The molecular weight excluding hydrogens is 227 g/mol. The van der Waals surface area contributed by atoms with Gasteiger partial charge in [-0.15, -0.1) is 0 Å². The number of hydrogen-bond donors (Lipinski definition) is 0. The summed E-state index contributed by atoms with van der Waals surface area (Å²) < 4.78 is 18.7. The summed E-state index contributed by atoms with van der Waals surface area (Å²) in [6.45, 7) is 0.